The Labute approximate surface area is 117 Å². The van der Waals surface area contributed by atoms with E-state index in [2.05, 4.69) is 10.3 Å². The highest BCUT2D eigenvalue weighted by Gasteiger charge is 2.47. The topological polar surface area (TPSA) is 75.4 Å². The van der Waals surface area contributed by atoms with E-state index in [1.165, 1.54) is 0 Å². The Balaban J connectivity index is 1.80. The first-order chi connectivity index (χ1) is 9.59. The molecule has 1 saturated heterocycles. The van der Waals surface area contributed by atoms with Crippen molar-refractivity contribution in [3.05, 3.63) is 17.8 Å². The van der Waals surface area contributed by atoms with E-state index in [1.54, 1.807) is 11.1 Å². The summed E-state index contributed by atoms with van der Waals surface area (Å²) in [5.41, 5.74) is -0.685. The van der Waals surface area contributed by atoms with Crippen LogP contribution in [0.25, 0.3) is 0 Å². The average Bonchev–Trinajstić information content (AvgIpc) is 2.82. The Morgan fingerprint density at radius 2 is 2.10 bits per heavy atom. The first-order valence-corrected chi connectivity index (χ1v) is 7.11. The third-order valence-corrected chi connectivity index (χ3v) is 4.11. The second-order valence-corrected chi connectivity index (χ2v) is 5.72. The number of piperazine rings is 1. The molecule has 1 aliphatic heterocycles. The van der Waals surface area contributed by atoms with Crippen LogP contribution < -0.4 is 5.32 Å². The summed E-state index contributed by atoms with van der Waals surface area (Å²) in [6.45, 7) is 2.16. The lowest BCUT2D eigenvalue weighted by molar-refractivity contribution is -0.152. The molecule has 3 rings (SSSR count). The van der Waals surface area contributed by atoms with Gasteiger partial charge in [-0.05, 0) is 19.8 Å². The molecule has 1 aromatic heterocycles. The van der Waals surface area contributed by atoms with Crippen LogP contribution in [-0.2, 0) is 16.1 Å². The number of amides is 2. The highest BCUT2D eigenvalue weighted by Crippen LogP contribution is 2.32. The Bertz CT molecular complexity index is 532. The SMILES string of the molecule is Cc1cnc(CN2CC(=O)NC3(CCCCC3)C2=O)o1. The van der Waals surface area contributed by atoms with Gasteiger partial charge in [-0.1, -0.05) is 19.3 Å². The van der Waals surface area contributed by atoms with E-state index in [4.69, 9.17) is 4.42 Å². The summed E-state index contributed by atoms with van der Waals surface area (Å²) in [5, 5.41) is 2.92. The predicted octanol–water partition coefficient (Wildman–Crippen LogP) is 1.14. The fourth-order valence-electron chi connectivity index (χ4n) is 3.17. The number of hydrogen-bond donors (Lipinski definition) is 1. The molecule has 2 aliphatic rings. The molecule has 1 N–H and O–H groups in total. The van der Waals surface area contributed by atoms with Crippen LogP contribution in [0.4, 0.5) is 0 Å². The minimum Gasteiger partial charge on any atom is -0.444 e. The molecule has 2 fully saturated rings. The summed E-state index contributed by atoms with van der Waals surface area (Å²) in [5.74, 6) is 1.11. The predicted molar refractivity (Wildman–Crippen MR) is 70.6 cm³/mol. The lowest BCUT2D eigenvalue weighted by Gasteiger charge is -2.43. The van der Waals surface area contributed by atoms with Gasteiger partial charge in [0.1, 0.15) is 17.8 Å². The molecule has 0 unspecified atom stereocenters. The second kappa shape index (κ2) is 4.92. The third kappa shape index (κ3) is 2.30. The molecule has 1 spiro atoms. The fourth-order valence-corrected chi connectivity index (χ4v) is 3.17. The standard InChI is InChI=1S/C14H19N3O3/c1-10-7-15-12(20-10)9-17-8-11(18)16-14(13(17)19)5-3-2-4-6-14/h7H,2-6,8-9H2,1H3,(H,16,18). The van der Waals surface area contributed by atoms with Crippen LogP contribution in [0.1, 0.15) is 43.8 Å². The Morgan fingerprint density at radius 3 is 2.75 bits per heavy atom. The van der Waals surface area contributed by atoms with Gasteiger partial charge in [0.25, 0.3) is 0 Å². The van der Waals surface area contributed by atoms with Crippen molar-refractivity contribution in [3.63, 3.8) is 0 Å². The van der Waals surface area contributed by atoms with Gasteiger partial charge < -0.3 is 14.6 Å². The van der Waals surface area contributed by atoms with E-state index < -0.39 is 5.54 Å². The van der Waals surface area contributed by atoms with Crippen LogP contribution in [0.15, 0.2) is 10.6 Å². The van der Waals surface area contributed by atoms with E-state index in [0.29, 0.717) is 11.7 Å². The number of hydrogen-bond acceptors (Lipinski definition) is 4. The Morgan fingerprint density at radius 1 is 1.35 bits per heavy atom. The summed E-state index contributed by atoms with van der Waals surface area (Å²) in [6, 6.07) is 0. The van der Waals surface area contributed by atoms with Crippen molar-refractivity contribution in [2.24, 2.45) is 0 Å². The minimum absolute atomic E-state index is 0.00709. The molecule has 2 heterocycles. The summed E-state index contributed by atoms with van der Waals surface area (Å²) < 4.78 is 5.41. The summed E-state index contributed by atoms with van der Waals surface area (Å²) in [7, 11) is 0. The number of aromatic nitrogens is 1. The molecule has 1 saturated carbocycles. The average molecular weight is 277 g/mol. The van der Waals surface area contributed by atoms with Gasteiger partial charge in [-0.2, -0.15) is 0 Å². The molecule has 0 radical (unpaired) electrons. The second-order valence-electron chi connectivity index (χ2n) is 5.72. The monoisotopic (exact) mass is 277 g/mol. The molecule has 1 aliphatic carbocycles. The van der Waals surface area contributed by atoms with Gasteiger partial charge in [-0.25, -0.2) is 4.98 Å². The molecule has 20 heavy (non-hydrogen) atoms. The maximum Gasteiger partial charge on any atom is 0.249 e. The zero-order valence-electron chi connectivity index (χ0n) is 11.6. The van der Waals surface area contributed by atoms with Crippen LogP contribution in [0, 0.1) is 6.92 Å². The van der Waals surface area contributed by atoms with Gasteiger partial charge in [0.15, 0.2) is 0 Å². The maximum atomic E-state index is 12.7. The molecule has 0 aromatic carbocycles. The lowest BCUT2D eigenvalue weighted by atomic mass is 9.79. The van der Waals surface area contributed by atoms with Crippen LogP contribution in [0.2, 0.25) is 0 Å². The molecule has 1 aromatic rings. The van der Waals surface area contributed by atoms with Crippen molar-refractivity contribution in [1.29, 1.82) is 0 Å². The van der Waals surface area contributed by atoms with Gasteiger partial charge in [0.2, 0.25) is 17.7 Å². The molecular weight excluding hydrogens is 258 g/mol. The van der Waals surface area contributed by atoms with Gasteiger partial charge in [0.05, 0.1) is 12.7 Å². The number of aryl methyl sites for hydroxylation is 1. The third-order valence-electron chi connectivity index (χ3n) is 4.11. The van der Waals surface area contributed by atoms with Crippen molar-refractivity contribution in [1.82, 2.24) is 15.2 Å². The van der Waals surface area contributed by atoms with E-state index in [0.717, 1.165) is 32.1 Å². The minimum atomic E-state index is -0.685. The summed E-state index contributed by atoms with van der Waals surface area (Å²) >= 11 is 0. The Kier molecular flexibility index (Phi) is 3.23. The summed E-state index contributed by atoms with van der Waals surface area (Å²) in [4.78, 5) is 30.3. The van der Waals surface area contributed by atoms with E-state index in [1.807, 2.05) is 6.92 Å². The van der Waals surface area contributed by atoms with E-state index >= 15 is 0 Å². The van der Waals surface area contributed by atoms with Crippen molar-refractivity contribution < 1.29 is 14.0 Å². The number of carbonyl (C=O) groups excluding carboxylic acids is 2. The normalized spacial score (nSPS) is 22.1. The van der Waals surface area contributed by atoms with Crippen LogP contribution in [0.5, 0.6) is 0 Å². The molecule has 2 amide bonds. The number of nitrogens with one attached hydrogen (secondary N) is 1. The maximum absolute atomic E-state index is 12.7. The van der Waals surface area contributed by atoms with Gasteiger partial charge in [0, 0.05) is 0 Å². The molecular formula is C14H19N3O3. The van der Waals surface area contributed by atoms with Crippen molar-refractivity contribution >= 4 is 11.8 Å². The first kappa shape index (κ1) is 13.1. The molecule has 0 bridgehead atoms. The largest absolute Gasteiger partial charge is 0.444 e. The van der Waals surface area contributed by atoms with Crippen LogP contribution in [-0.4, -0.2) is 33.8 Å². The van der Waals surface area contributed by atoms with Crippen molar-refractivity contribution in [2.45, 2.75) is 51.1 Å². The lowest BCUT2D eigenvalue weighted by Crippen LogP contribution is -2.66. The zero-order chi connectivity index (χ0) is 14.2. The van der Waals surface area contributed by atoms with Gasteiger partial charge in [-0.15, -0.1) is 0 Å². The number of nitrogens with zero attached hydrogens (tertiary/aromatic N) is 2. The highest BCUT2D eigenvalue weighted by molar-refractivity contribution is 5.98. The number of oxazole rings is 1. The van der Waals surface area contributed by atoms with E-state index in [-0.39, 0.29) is 24.9 Å². The van der Waals surface area contributed by atoms with Gasteiger partial charge >= 0.3 is 0 Å². The zero-order valence-corrected chi connectivity index (χ0v) is 11.6. The molecule has 6 nitrogen and oxygen atoms in total. The van der Waals surface area contributed by atoms with Crippen molar-refractivity contribution in [3.8, 4) is 0 Å². The molecule has 6 heteroatoms. The summed E-state index contributed by atoms with van der Waals surface area (Å²) in [6.07, 6.45) is 6.19. The van der Waals surface area contributed by atoms with Crippen molar-refractivity contribution in [2.75, 3.05) is 6.54 Å². The fraction of sp³-hybridized carbons (Fsp3) is 0.643. The number of carbonyl (C=O) groups is 2. The molecule has 0 atom stereocenters. The Hall–Kier alpha value is -1.85. The smallest absolute Gasteiger partial charge is 0.249 e. The van der Waals surface area contributed by atoms with Gasteiger partial charge in [-0.3, -0.25) is 9.59 Å². The number of rotatable bonds is 2. The van der Waals surface area contributed by atoms with Crippen LogP contribution >= 0.6 is 0 Å². The van der Waals surface area contributed by atoms with E-state index in [9.17, 15) is 9.59 Å². The van der Waals surface area contributed by atoms with Crippen LogP contribution in [0.3, 0.4) is 0 Å². The molecule has 108 valence electrons. The highest BCUT2D eigenvalue weighted by atomic mass is 16.4. The quantitative estimate of drug-likeness (QED) is 0.879. The first-order valence-electron chi connectivity index (χ1n) is 7.11.